The van der Waals surface area contributed by atoms with Crippen LogP contribution in [0.15, 0.2) is 46.9 Å². The molecule has 3 nitrogen and oxygen atoms in total. The summed E-state index contributed by atoms with van der Waals surface area (Å²) in [5, 5.41) is 0. The fourth-order valence-corrected chi connectivity index (χ4v) is 1.75. The Hall–Kier alpha value is -2.36. The Morgan fingerprint density at radius 3 is 2.55 bits per heavy atom. The van der Waals surface area contributed by atoms with Gasteiger partial charge in [-0.3, -0.25) is 4.79 Å². The van der Waals surface area contributed by atoms with Gasteiger partial charge in [0.15, 0.2) is 0 Å². The minimum absolute atomic E-state index is 0.136. The number of carbonyl (C=O) groups is 1. The molecule has 104 valence electrons. The molecule has 0 bridgehead atoms. The van der Waals surface area contributed by atoms with Crippen molar-refractivity contribution in [2.45, 2.75) is 13.5 Å². The maximum atomic E-state index is 12.7. The summed E-state index contributed by atoms with van der Waals surface area (Å²) in [4.78, 5) is 13.5. The normalized spacial score (nSPS) is 10.9. The molecule has 1 heterocycles. The highest BCUT2D eigenvalue weighted by atomic mass is 19.1. The fraction of sp³-hybridized carbons (Fsp3) is 0.188. The molecule has 0 saturated heterocycles. The van der Waals surface area contributed by atoms with Gasteiger partial charge in [-0.15, -0.1) is 0 Å². The van der Waals surface area contributed by atoms with Crippen molar-refractivity contribution in [2.75, 3.05) is 7.05 Å². The summed E-state index contributed by atoms with van der Waals surface area (Å²) < 4.78 is 18.2. The molecule has 0 aliphatic carbocycles. The van der Waals surface area contributed by atoms with Crippen LogP contribution in [0, 0.1) is 12.7 Å². The van der Waals surface area contributed by atoms with E-state index in [1.807, 2.05) is 19.1 Å². The van der Waals surface area contributed by atoms with E-state index < -0.39 is 0 Å². The average molecular weight is 273 g/mol. The van der Waals surface area contributed by atoms with Gasteiger partial charge in [0.1, 0.15) is 17.3 Å². The van der Waals surface area contributed by atoms with Crippen LogP contribution in [-0.4, -0.2) is 17.9 Å². The summed E-state index contributed by atoms with van der Waals surface area (Å²) in [6, 6.07) is 9.67. The molecule has 0 fully saturated rings. The molecule has 0 atom stereocenters. The Kier molecular flexibility index (Phi) is 4.35. The molecule has 0 N–H and O–H groups in total. The van der Waals surface area contributed by atoms with Crippen molar-refractivity contribution >= 4 is 12.0 Å². The first kappa shape index (κ1) is 14.1. The number of aryl methyl sites for hydroxylation is 1. The minimum atomic E-state index is -0.293. The number of amides is 1. The molecule has 1 aromatic carbocycles. The van der Waals surface area contributed by atoms with Crippen LogP contribution in [0.1, 0.15) is 17.1 Å². The van der Waals surface area contributed by atoms with E-state index in [2.05, 4.69) is 0 Å². The largest absolute Gasteiger partial charge is 0.464 e. The van der Waals surface area contributed by atoms with E-state index in [0.717, 1.165) is 17.1 Å². The lowest BCUT2D eigenvalue weighted by molar-refractivity contribution is -0.125. The van der Waals surface area contributed by atoms with E-state index in [1.165, 1.54) is 18.2 Å². The molecular weight excluding hydrogens is 257 g/mol. The van der Waals surface area contributed by atoms with Crippen LogP contribution in [0.5, 0.6) is 0 Å². The molecule has 2 rings (SSSR count). The third-order valence-electron chi connectivity index (χ3n) is 2.85. The molecular formula is C16H16FNO2. The Labute approximate surface area is 117 Å². The standard InChI is InChI=1S/C16H16FNO2/c1-12-3-9-15(20-12)11-18(2)16(19)10-6-13-4-7-14(17)8-5-13/h3-10H,11H2,1-2H3/b10-6+. The second-order valence-corrected chi connectivity index (χ2v) is 4.59. The number of nitrogens with zero attached hydrogens (tertiary/aromatic N) is 1. The second-order valence-electron chi connectivity index (χ2n) is 4.59. The van der Waals surface area contributed by atoms with E-state index in [4.69, 9.17) is 4.42 Å². The SMILES string of the molecule is Cc1ccc(CN(C)C(=O)/C=C/c2ccc(F)cc2)o1. The lowest BCUT2D eigenvalue weighted by Crippen LogP contribution is -2.23. The van der Waals surface area contributed by atoms with Gasteiger partial charge in [-0.05, 0) is 42.8 Å². The van der Waals surface area contributed by atoms with Crippen LogP contribution in [0.3, 0.4) is 0 Å². The lowest BCUT2D eigenvalue weighted by atomic mass is 10.2. The van der Waals surface area contributed by atoms with Crippen LogP contribution in [-0.2, 0) is 11.3 Å². The van der Waals surface area contributed by atoms with Gasteiger partial charge in [0.05, 0.1) is 6.54 Å². The van der Waals surface area contributed by atoms with Crippen LogP contribution in [0.4, 0.5) is 4.39 Å². The van der Waals surface area contributed by atoms with Gasteiger partial charge in [-0.2, -0.15) is 0 Å². The predicted molar refractivity (Wildman–Crippen MR) is 75.4 cm³/mol. The Balaban J connectivity index is 1.95. The van der Waals surface area contributed by atoms with Gasteiger partial charge in [0.2, 0.25) is 5.91 Å². The zero-order valence-electron chi connectivity index (χ0n) is 11.5. The van der Waals surface area contributed by atoms with Crippen molar-refractivity contribution in [3.05, 3.63) is 65.4 Å². The lowest BCUT2D eigenvalue weighted by Gasteiger charge is -2.13. The highest BCUT2D eigenvalue weighted by Gasteiger charge is 2.08. The fourth-order valence-electron chi connectivity index (χ4n) is 1.75. The number of halogens is 1. The molecule has 1 amide bonds. The Morgan fingerprint density at radius 2 is 1.95 bits per heavy atom. The molecule has 0 unspecified atom stereocenters. The third-order valence-corrected chi connectivity index (χ3v) is 2.85. The second kappa shape index (κ2) is 6.19. The maximum Gasteiger partial charge on any atom is 0.246 e. The summed E-state index contributed by atoms with van der Waals surface area (Å²) in [6.07, 6.45) is 3.12. The van der Waals surface area contributed by atoms with Crippen molar-refractivity contribution in [2.24, 2.45) is 0 Å². The highest BCUT2D eigenvalue weighted by molar-refractivity contribution is 5.91. The summed E-state index contributed by atoms with van der Waals surface area (Å²) in [7, 11) is 1.70. The highest BCUT2D eigenvalue weighted by Crippen LogP contribution is 2.09. The number of likely N-dealkylation sites (N-methyl/N-ethyl adjacent to an activating group) is 1. The zero-order valence-corrected chi connectivity index (χ0v) is 11.5. The quantitative estimate of drug-likeness (QED) is 0.800. The molecule has 0 saturated carbocycles. The molecule has 0 aliphatic heterocycles. The molecule has 0 radical (unpaired) electrons. The number of rotatable bonds is 4. The summed E-state index contributed by atoms with van der Waals surface area (Å²) in [5.74, 6) is 1.14. The zero-order chi connectivity index (χ0) is 14.5. The van der Waals surface area contributed by atoms with Gasteiger partial charge < -0.3 is 9.32 Å². The number of hydrogen-bond acceptors (Lipinski definition) is 2. The van der Waals surface area contributed by atoms with Gasteiger partial charge in [-0.1, -0.05) is 12.1 Å². The minimum Gasteiger partial charge on any atom is -0.464 e. The summed E-state index contributed by atoms with van der Waals surface area (Å²) in [6.45, 7) is 2.28. The van der Waals surface area contributed by atoms with Crippen molar-refractivity contribution in [3.63, 3.8) is 0 Å². The van der Waals surface area contributed by atoms with E-state index in [0.29, 0.717) is 6.54 Å². The molecule has 0 aliphatic rings. The van der Waals surface area contributed by atoms with E-state index in [1.54, 1.807) is 30.2 Å². The van der Waals surface area contributed by atoms with Crippen molar-refractivity contribution in [3.8, 4) is 0 Å². The number of hydrogen-bond donors (Lipinski definition) is 0. The van der Waals surface area contributed by atoms with Crippen LogP contribution in [0.25, 0.3) is 6.08 Å². The Morgan fingerprint density at radius 1 is 1.25 bits per heavy atom. The number of benzene rings is 1. The molecule has 4 heteroatoms. The molecule has 2 aromatic rings. The number of carbonyl (C=O) groups excluding carboxylic acids is 1. The molecule has 1 aromatic heterocycles. The third kappa shape index (κ3) is 3.82. The van der Waals surface area contributed by atoms with Crippen molar-refractivity contribution in [1.82, 2.24) is 4.90 Å². The Bertz CT molecular complexity index is 614. The first-order valence-corrected chi connectivity index (χ1v) is 6.28. The van der Waals surface area contributed by atoms with Crippen molar-refractivity contribution in [1.29, 1.82) is 0 Å². The first-order chi connectivity index (χ1) is 9.54. The summed E-state index contributed by atoms with van der Waals surface area (Å²) >= 11 is 0. The van der Waals surface area contributed by atoms with Gasteiger partial charge in [0.25, 0.3) is 0 Å². The maximum absolute atomic E-state index is 12.7. The first-order valence-electron chi connectivity index (χ1n) is 6.28. The van der Waals surface area contributed by atoms with Crippen LogP contribution in [0.2, 0.25) is 0 Å². The van der Waals surface area contributed by atoms with E-state index >= 15 is 0 Å². The van der Waals surface area contributed by atoms with Gasteiger partial charge in [-0.25, -0.2) is 4.39 Å². The average Bonchev–Trinajstić information content (AvgIpc) is 2.83. The molecule has 20 heavy (non-hydrogen) atoms. The van der Waals surface area contributed by atoms with E-state index in [9.17, 15) is 9.18 Å². The van der Waals surface area contributed by atoms with Crippen molar-refractivity contribution < 1.29 is 13.6 Å². The monoisotopic (exact) mass is 273 g/mol. The van der Waals surface area contributed by atoms with Crippen LogP contribution >= 0.6 is 0 Å². The van der Waals surface area contributed by atoms with Gasteiger partial charge >= 0.3 is 0 Å². The van der Waals surface area contributed by atoms with E-state index in [-0.39, 0.29) is 11.7 Å². The molecule has 0 spiro atoms. The van der Waals surface area contributed by atoms with Gasteiger partial charge in [0, 0.05) is 13.1 Å². The summed E-state index contributed by atoms with van der Waals surface area (Å²) in [5.41, 5.74) is 0.780. The topological polar surface area (TPSA) is 33.5 Å². The van der Waals surface area contributed by atoms with Crippen LogP contribution < -0.4 is 0 Å². The number of furan rings is 1. The predicted octanol–water partition coefficient (Wildman–Crippen LogP) is 3.40. The smallest absolute Gasteiger partial charge is 0.246 e.